The van der Waals surface area contributed by atoms with E-state index in [1.54, 1.807) is 0 Å². The molecular formula is C35H62O7. The summed E-state index contributed by atoms with van der Waals surface area (Å²) in [5, 5.41) is 30.2. The summed E-state index contributed by atoms with van der Waals surface area (Å²) in [5.74, 6) is -0.0932. The molecule has 7 nitrogen and oxygen atoms in total. The molecular weight excluding hydrogens is 532 g/mol. The predicted octanol–water partition coefficient (Wildman–Crippen LogP) is 7.52. The third-order valence-electron chi connectivity index (χ3n) is 7.01. The Kier molecular flexibility index (Phi) is 27.8. The number of allylic oxidation sites excluding steroid dienone is 5. The Balaban J connectivity index is 3.77. The molecule has 3 atom stereocenters. The normalized spacial score (nSPS) is 14.3. The van der Waals surface area contributed by atoms with E-state index in [0.29, 0.717) is 19.3 Å². The van der Waals surface area contributed by atoms with Crippen molar-refractivity contribution in [3.63, 3.8) is 0 Å². The lowest BCUT2D eigenvalue weighted by Gasteiger charge is -2.16. The van der Waals surface area contributed by atoms with Crippen molar-refractivity contribution >= 4 is 11.9 Å². The average molecular weight is 595 g/mol. The molecule has 0 amide bonds. The van der Waals surface area contributed by atoms with Gasteiger partial charge in [0.05, 0.1) is 12.2 Å². The molecule has 0 spiro atoms. The number of aliphatic hydroxyl groups excluding tert-OH is 3. The summed E-state index contributed by atoms with van der Waals surface area (Å²) in [4.78, 5) is 23.8. The van der Waals surface area contributed by atoms with E-state index in [1.165, 1.54) is 44.9 Å². The maximum atomic E-state index is 11.9. The van der Waals surface area contributed by atoms with Crippen LogP contribution in [0.1, 0.15) is 136 Å². The van der Waals surface area contributed by atoms with E-state index in [2.05, 4.69) is 45.1 Å². The van der Waals surface area contributed by atoms with E-state index in [0.717, 1.165) is 44.4 Å². The zero-order valence-corrected chi connectivity index (χ0v) is 26.9. The van der Waals surface area contributed by atoms with Crippen molar-refractivity contribution in [2.45, 2.75) is 155 Å². The van der Waals surface area contributed by atoms with Gasteiger partial charge in [0, 0.05) is 12.8 Å². The lowest BCUT2D eigenvalue weighted by molar-refractivity contribution is -0.152. The van der Waals surface area contributed by atoms with Gasteiger partial charge in [0.15, 0.2) is 0 Å². The molecule has 0 fully saturated rings. The van der Waals surface area contributed by atoms with Gasteiger partial charge in [0.2, 0.25) is 0 Å². The van der Waals surface area contributed by atoms with Crippen LogP contribution in [0.3, 0.4) is 0 Å². The summed E-state index contributed by atoms with van der Waals surface area (Å²) in [6, 6.07) is 0. The molecule has 0 aliphatic heterocycles. The summed E-state index contributed by atoms with van der Waals surface area (Å²) in [6.45, 7) is 6.24. The van der Waals surface area contributed by atoms with Crippen LogP contribution < -0.4 is 0 Å². The van der Waals surface area contributed by atoms with Gasteiger partial charge in [-0.25, -0.2) is 0 Å². The second-order valence-electron chi connectivity index (χ2n) is 11.7. The van der Waals surface area contributed by atoms with E-state index >= 15 is 0 Å². The highest BCUT2D eigenvalue weighted by Crippen LogP contribution is 2.13. The Labute approximate surface area is 256 Å². The highest BCUT2D eigenvalue weighted by Gasteiger charge is 2.16. The smallest absolute Gasteiger partial charge is 0.305 e. The molecule has 0 heterocycles. The van der Waals surface area contributed by atoms with Crippen LogP contribution in [0.4, 0.5) is 0 Å². The number of hydrogen-bond acceptors (Lipinski definition) is 7. The van der Waals surface area contributed by atoms with Crippen LogP contribution in [0.25, 0.3) is 0 Å². The molecule has 0 saturated carbocycles. The van der Waals surface area contributed by atoms with Crippen LogP contribution in [0, 0.1) is 5.92 Å². The second kappa shape index (κ2) is 29.1. The van der Waals surface area contributed by atoms with E-state index in [9.17, 15) is 24.9 Å². The van der Waals surface area contributed by atoms with Crippen LogP contribution in [-0.4, -0.2) is 58.8 Å². The van der Waals surface area contributed by atoms with Crippen molar-refractivity contribution in [2.75, 3.05) is 13.2 Å². The maximum absolute atomic E-state index is 11.9. The molecule has 0 saturated heterocycles. The van der Waals surface area contributed by atoms with Crippen molar-refractivity contribution < 1.29 is 34.4 Å². The fraction of sp³-hybridized carbons (Fsp3) is 0.771. The van der Waals surface area contributed by atoms with Crippen molar-refractivity contribution in [3.8, 4) is 0 Å². The number of hydrogen-bond donors (Lipinski definition) is 3. The number of carbonyl (C=O) groups excluding carboxylic acids is 2. The minimum absolute atomic E-state index is 0.0709. The first-order valence-electron chi connectivity index (χ1n) is 16.6. The SMILES string of the molecule is CCCCC/C=C\C/C=C\C/C=C\CC(O)C(O)CCCC(=O)OC[C@@H](O)COC(=O)CCCCCCCCC(C)C. The molecule has 0 aliphatic rings. The molecule has 0 aromatic heterocycles. The summed E-state index contributed by atoms with van der Waals surface area (Å²) in [7, 11) is 0. The standard InChI is InChI=1S/C35H62O7/c1-4-5-6-7-8-9-10-11-12-13-17-20-24-32(37)33(38)25-22-27-35(40)42-29-31(36)28-41-34(39)26-21-18-15-14-16-19-23-30(2)3/h8-9,11-12,17,20,30-33,36-38H,4-7,10,13-16,18-19,21-29H2,1-3H3/b9-8-,12-11-,20-17-/t31-,32?,33?/m0/s1. The van der Waals surface area contributed by atoms with E-state index in [-0.39, 0.29) is 32.0 Å². The molecule has 0 radical (unpaired) electrons. The molecule has 244 valence electrons. The van der Waals surface area contributed by atoms with Gasteiger partial charge in [-0.2, -0.15) is 0 Å². The predicted molar refractivity (Wildman–Crippen MR) is 171 cm³/mol. The Bertz CT molecular complexity index is 729. The van der Waals surface area contributed by atoms with Crippen LogP contribution >= 0.6 is 0 Å². The third-order valence-corrected chi connectivity index (χ3v) is 7.01. The van der Waals surface area contributed by atoms with Gasteiger partial charge in [-0.1, -0.05) is 109 Å². The van der Waals surface area contributed by atoms with Crippen LogP contribution in [0.2, 0.25) is 0 Å². The number of rotatable bonds is 28. The van der Waals surface area contributed by atoms with Gasteiger partial charge < -0.3 is 24.8 Å². The highest BCUT2D eigenvalue weighted by molar-refractivity contribution is 5.69. The van der Waals surface area contributed by atoms with Gasteiger partial charge in [0.1, 0.15) is 19.3 Å². The van der Waals surface area contributed by atoms with Gasteiger partial charge >= 0.3 is 11.9 Å². The topological polar surface area (TPSA) is 113 Å². The first-order chi connectivity index (χ1) is 20.3. The Morgan fingerprint density at radius 1 is 0.619 bits per heavy atom. The van der Waals surface area contributed by atoms with E-state index < -0.39 is 24.3 Å². The van der Waals surface area contributed by atoms with Crippen molar-refractivity contribution in [1.29, 1.82) is 0 Å². The van der Waals surface area contributed by atoms with Gasteiger partial charge in [-0.3, -0.25) is 9.59 Å². The minimum atomic E-state index is -1.07. The lowest BCUT2D eigenvalue weighted by Crippen LogP contribution is -2.26. The number of unbranched alkanes of at least 4 members (excludes halogenated alkanes) is 8. The van der Waals surface area contributed by atoms with Gasteiger partial charge in [-0.05, 0) is 57.3 Å². The van der Waals surface area contributed by atoms with Crippen LogP contribution in [0.15, 0.2) is 36.5 Å². The zero-order chi connectivity index (χ0) is 31.3. The van der Waals surface area contributed by atoms with Crippen LogP contribution in [-0.2, 0) is 19.1 Å². The van der Waals surface area contributed by atoms with Gasteiger partial charge in [-0.15, -0.1) is 0 Å². The first kappa shape index (κ1) is 40.0. The molecule has 7 heteroatoms. The number of ether oxygens (including phenoxy) is 2. The quantitative estimate of drug-likeness (QED) is 0.0488. The second-order valence-corrected chi connectivity index (χ2v) is 11.7. The molecule has 0 bridgehead atoms. The Morgan fingerprint density at radius 3 is 1.79 bits per heavy atom. The molecule has 0 rings (SSSR count). The summed E-state index contributed by atoms with van der Waals surface area (Å²) in [5.41, 5.74) is 0. The van der Waals surface area contributed by atoms with Crippen molar-refractivity contribution in [2.24, 2.45) is 5.92 Å². The molecule has 2 unspecified atom stereocenters. The van der Waals surface area contributed by atoms with Crippen LogP contribution in [0.5, 0.6) is 0 Å². The zero-order valence-electron chi connectivity index (χ0n) is 26.9. The molecule has 0 aromatic carbocycles. The first-order valence-corrected chi connectivity index (χ1v) is 16.6. The third kappa shape index (κ3) is 28.2. The number of esters is 2. The average Bonchev–Trinajstić information content (AvgIpc) is 2.96. The lowest BCUT2D eigenvalue weighted by atomic mass is 10.0. The summed E-state index contributed by atoms with van der Waals surface area (Å²) < 4.78 is 10.1. The highest BCUT2D eigenvalue weighted by atomic mass is 16.6. The minimum Gasteiger partial charge on any atom is -0.463 e. The number of carbonyl (C=O) groups is 2. The van der Waals surface area contributed by atoms with Crippen molar-refractivity contribution in [3.05, 3.63) is 36.5 Å². The van der Waals surface area contributed by atoms with Crippen molar-refractivity contribution in [1.82, 2.24) is 0 Å². The molecule has 0 aromatic rings. The maximum Gasteiger partial charge on any atom is 0.305 e. The van der Waals surface area contributed by atoms with Gasteiger partial charge in [0.25, 0.3) is 0 Å². The largest absolute Gasteiger partial charge is 0.463 e. The monoisotopic (exact) mass is 594 g/mol. The fourth-order valence-electron chi connectivity index (χ4n) is 4.31. The molecule has 3 N–H and O–H groups in total. The number of aliphatic hydroxyl groups is 3. The Hall–Kier alpha value is -1.96. The summed E-state index contributed by atoms with van der Waals surface area (Å²) >= 11 is 0. The fourth-order valence-corrected chi connectivity index (χ4v) is 4.31. The van der Waals surface area contributed by atoms with E-state index in [1.807, 2.05) is 12.2 Å². The Morgan fingerprint density at radius 2 is 1.17 bits per heavy atom. The van der Waals surface area contributed by atoms with E-state index in [4.69, 9.17) is 9.47 Å². The molecule has 42 heavy (non-hydrogen) atoms. The molecule has 0 aliphatic carbocycles. The summed E-state index contributed by atoms with van der Waals surface area (Å²) in [6.07, 6.45) is 25.4.